The van der Waals surface area contributed by atoms with Gasteiger partial charge in [-0.1, -0.05) is 0 Å². The number of carbonyl (C=O) groups is 1. The molecule has 0 bridgehead atoms. The van der Waals surface area contributed by atoms with Crippen molar-refractivity contribution in [3.05, 3.63) is 29.3 Å². The van der Waals surface area contributed by atoms with Crippen LogP contribution in [0.2, 0.25) is 0 Å². The first-order valence-corrected chi connectivity index (χ1v) is 8.90. The lowest BCUT2D eigenvalue weighted by Gasteiger charge is -2.21. The van der Waals surface area contributed by atoms with Gasteiger partial charge in [-0.15, -0.1) is 0 Å². The molecule has 136 valence electrons. The van der Waals surface area contributed by atoms with Crippen LogP contribution < -0.4 is 4.72 Å². The zero-order valence-electron chi connectivity index (χ0n) is 13.0. The predicted molar refractivity (Wildman–Crippen MR) is 79.7 cm³/mol. The minimum Gasteiger partial charge on any atom is -0.378 e. The number of benzene rings is 1. The van der Waals surface area contributed by atoms with Crippen LogP contribution in [0.3, 0.4) is 0 Å². The molecular formula is C15H15F3N2O4S. The van der Waals surface area contributed by atoms with E-state index in [2.05, 4.69) is 0 Å². The third-order valence-electron chi connectivity index (χ3n) is 3.66. The highest BCUT2D eigenvalue weighted by atomic mass is 32.2. The molecule has 1 aliphatic heterocycles. The molecule has 0 spiro atoms. The van der Waals surface area contributed by atoms with Crippen LogP contribution in [0.5, 0.6) is 0 Å². The summed E-state index contributed by atoms with van der Waals surface area (Å²) in [6.45, 7) is 0.481. The van der Waals surface area contributed by atoms with Crippen molar-refractivity contribution < 1.29 is 31.1 Å². The van der Waals surface area contributed by atoms with Crippen molar-refractivity contribution >= 4 is 15.9 Å². The van der Waals surface area contributed by atoms with E-state index in [-0.39, 0.29) is 6.42 Å². The van der Waals surface area contributed by atoms with Crippen LogP contribution >= 0.6 is 0 Å². The molecule has 1 saturated heterocycles. The summed E-state index contributed by atoms with van der Waals surface area (Å²) >= 11 is 0. The summed E-state index contributed by atoms with van der Waals surface area (Å²) in [6, 6.07) is 3.30. The summed E-state index contributed by atoms with van der Waals surface area (Å²) in [4.78, 5) is 11.1. The summed E-state index contributed by atoms with van der Waals surface area (Å²) < 4.78 is 70.1. The second-order valence-electron chi connectivity index (χ2n) is 5.54. The number of amides is 1. The Morgan fingerprint density at radius 1 is 1.36 bits per heavy atom. The fraction of sp³-hybridized carbons (Fsp3) is 0.467. The van der Waals surface area contributed by atoms with Crippen molar-refractivity contribution in [3.8, 4) is 6.07 Å². The average Bonchev–Trinajstić information content (AvgIpc) is 2.53. The van der Waals surface area contributed by atoms with Crippen LogP contribution in [0, 0.1) is 11.3 Å². The maximum absolute atomic E-state index is 12.9. The van der Waals surface area contributed by atoms with Crippen LogP contribution in [0.1, 0.15) is 36.8 Å². The Hall–Kier alpha value is -2.12. The molecule has 1 heterocycles. The lowest BCUT2D eigenvalue weighted by molar-refractivity contribution is -0.138. The van der Waals surface area contributed by atoms with Crippen molar-refractivity contribution in [2.45, 2.75) is 42.9 Å². The van der Waals surface area contributed by atoms with E-state index < -0.39 is 44.2 Å². The molecule has 1 fully saturated rings. The Kier molecular flexibility index (Phi) is 5.69. The summed E-state index contributed by atoms with van der Waals surface area (Å²) in [5, 5.41) is 8.72. The van der Waals surface area contributed by atoms with Crippen LogP contribution in [-0.4, -0.2) is 27.0 Å². The zero-order chi connectivity index (χ0) is 18.7. The Bertz CT molecular complexity index is 794. The molecule has 0 aromatic heterocycles. The van der Waals surface area contributed by atoms with Gasteiger partial charge in [0.25, 0.3) is 10.0 Å². The van der Waals surface area contributed by atoms with E-state index >= 15 is 0 Å². The van der Waals surface area contributed by atoms with E-state index in [9.17, 15) is 26.4 Å². The maximum Gasteiger partial charge on any atom is 0.417 e. The number of nitriles is 1. The summed E-state index contributed by atoms with van der Waals surface area (Å²) in [5.41, 5.74) is -2.07. The quantitative estimate of drug-likeness (QED) is 0.870. The molecule has 6 nitrogen and oxygen atoms in total. The van der Waals surface area contributed by atoms with E-state index in [1.165, 1.54) is 6.07 Å². The number of halogens is 3. The number of alkyl halides is 3. The molecule has 1 amide bonds. The first-order chi connectivity index (χ1) is 11.6. The summed E-state index contributed by atoms with van der Waals surface area (Å²) in [5.74, 6) is -0.857. The molecule has 1 aromatic rings. The lowest BCUT2D eigenvalue weighted by atomic mass is 10.1. The highest BCUT2D eigenvalue weighted by Gasteiger charge is 2.35. The van der Waals surface area contributed by atoms with Gasteiger partial charge in [-0.2, -0.15) is 18.4 Å². The topological polar surface area (TPSA) is 96.3 Å². The molecule has 0 radical (unpaired) electrons. The third-order valence-corrected chi connectivity index (χ3v) is 5.03. The number of sulfonamides is 1. The number of carbonyl (C=O) groups excluding carboxylic acids is 1. The van der Waals surface area contributed by atoms with Gasteiger partial charge in [0.1, 0.15) is 0 Å². The molecule has 1 N–H and O–H groups in total. The van der Waals surface area contributed by atoms with Gasteiger partial charge < -0.3 is 4.74 Å². The van der Waals surface area contributed by atoms with Crippen LogP contribution in [-0.2, 0) is 25.7 Å². The van der Waals surface area contributed by atoms with Gasteiger partial charge in [-0.25, -0.2) is 13.1 Å². The number of rotatable bonds is 4. The lowest BCUT2D eigenvalue weighted by Crippen LogP contribution is -2.34. The SMILES string of the molecule is N#Cc1ccc(S(=O)(=O)NC(=O)C[C@H]2CCCCO2)cc1C(F)(F)F. The Labute approximate surface area is 142 Å². The molecular weight excluding hydrogens is 361 g/mol. The van der Waals surface area contributed by atoms with E-state index in [1.54, 1.807) is 4.72 Å². The fourth-order valence-electron chi connectivity index (χ4n) is 2.45. The third kappa shape index (κ3) is 4.93. The summed E-state index contributed by atoms with van der Waals surface area (Å²) in [7, 11) is -4.48. The zero-order valence-corrected chi connectivity index (χ0v) is 13.8. The predicted octanol–water partition coefficient (Wildman–Crippen LogP) is 2.34. The van der Waals surface area contributed by atoms with Crippen LogP contribution in [0.4, 0.5) is 13.2 Å². The molecule has 10 heteroatoms. The number of hydrogen-bond donors (Lipinski definition) is 1. The first kappa shape index (κ1) is 19.2. The van der Waals surface area contributed by atoms with E-state index in [1.807, 2.05) is 0 Å². The molecule has 1 aliphatic rings. The van der Waals surface area contributed by atoms with E-state index in [0.29, 0.717) is 19.1 Å². The van der Waals surface area contributed by atoms with Crippen molar-refractivity contribution in [2.75, 3.05) is 6.61 Å². The Morgan fingerprint density at radius 3 is 2.64 bits per heavy atom. The molecule has 1 atom stereocenters. The molecule has 1 aromatic carbocycles. The summed E-state index contributed by atoms with van der Waals surface area (Å²) in [6.07, 6.45) is -3.16. The normalized spacial score (nSPS) is 18.4. The average molecular weight is 376 g/mol. The number of nitrogens with one attached hydrogen (secondary N) is 1. The molecule has 25 heavy (non-hydrogen) atoms. The second kappa shape index (κ2) is 7.41. The fourth-order valence-corrected chi connectivity index (χ4v) is 3.47. The molecule has 0 unspecified atom stereocenters. The van der Waals surface area contributed by atoms with Crippen molar-refractivity contribution in [1.82, 2.24) is 4.72 Å². The monoisotopic (exact) mass is 376 g/mol. The minimum absolute atomic E-state index is 0.193. The van der Waals surface area contributed by atoms with Gasteiger partial charge in [-0.3, -0.25) is 4.79 Å². The minimum atomic E-state index is -4.89. The van der Waals surface area contributed by atoms with Gasteiger partial charge in [-0.05, 0) is 37.5 Å². The number of hydrogen-bond acceptors (Lipinski definition) is 5. The smallest absolute Gasteiger partial charge is 0.378 e. The van der Waals surface area contributed by atoms with Gasteiger partial charge >= 0.3 is 6.18 Å². The van der Waals surface area contributed by atoms with Crippen molar-refractivity contribution in [2.24, 2.45) is 0 Å². The highest BCUT2D eigenvalue weighted by Crippen LogP contribution is 2.33. The first-order valence-electron chi connectivity index (χ1n) is 7.42. The van der Waals surface area contributed by atoms with Crippen molar-refractivity contribution in [1.29, 1.82) is 5.26 Å². The highest BCUT2D eigenvalue weighted by molar-refractivity contribution is 7.90. The largest absolute Gasteiger partial charge is 0.417 e. The molecule has 2 rings (SSSR count). The van der Waals surface area contributed by atoms with Gasteiger partial charge in [0.15, 0.2) is 0 Å². The van der Waals surface area contributed by atoms with Gasteiger partial charge in [0.2, 0.25) is 5.91 Å². The van der Waals surface area contributed by atoms with Crippen LogP contribution in [0.15, 0.2) is 23.1 Å². The molecule has 0 aliphatic carbocycles. The Morgan fingerprint density at radius 2 is 2.08 bits per heavy atom. The van der Waals surface area contributed by atoms with Gasteiger partial charge in [0, 0.05) is 6.61 Å². The molecule has 0 saturated carbocycles. The van der Waals surface area contributed by atoms with Crippen molar-refractivity contribution in [3.63, 3.8) is 0 Å². The van der Waals surface area contributed by atoms with E-state index in [4.69, 9.17) is 10.00 Å². The number of nitrogens with zero attached hydrogens (tertiary/aromatic N) is 1. The second-order valence-corrected chi connectivity index (χ2v) is 7.22. The van der Waals surface area contributed by atoms with Crippen LogP contribution in [0.25, 0.3) is 0 Å². The Balaban J connectivity index is 2.19. The maximum atomic E-state index is 12.9. The van der Waals surface area contributed by atoms with Gasteiger partial charge in [0.05, 0.1) is 34.6 Å². The van der Waals surface area contributed by atoms with E-state index in [0.717, 1.165) is 25.0 Å². The number of ether oxygens (including phenoxy) is 1. The standard InChI is InChI=1S/C15H15F3N2O4S/c16-15(17,18)13-8-12(5-4-10(13)9-19)25(22,23)20-14(21)7-11-3-1-2-6-24-11/h4-5,8,11H,1-3,6-7H2,(H,20,21)/t11-/m1/s1.